The fraction of sp³-hybridized carbons (Fsp3) is 0.304. The van der Waals surface area contributed by atoms with Crippen LogP contribution in [0.25, 0.3) is 16.7 Å². The number of nitrogens with one attached hydrogen (secondary N) is 1. The maximum Gasteiger partial charge on any atom is 0.236 e. The first-order chi connectivity index (χ1) is 15.1. The zero-order chi connectivity index (χ0) is 23.3. The summed E-state index contributed by atoms with van der Waals surface area (Å²) in [7, 11) is 1.56. The first-order valence-electron chi connectivity index (χ1n) is 9.93. The molecular formula is C23H21F2N5OS. The lowest BCUT2D eigenvalue weighted by atomic mass is 9.84. The molecule has 0 unspecified atom stereocenters. The number of aromatic nitrogens is 1. The van der Waals surface area contributed by atoms with Gasteiger partial charge in [0, 0.05) is 24.7 Å². The highest BCUT2D eigenvalue weighted by Gasteiger charge is 2.70. The van der Waals surface area contributed by atoms with E-state index in [1.165, 1.54) is 42.2 Å². The molecule has 1 aromatic carbocycles. The monoisotopic (exact) mass is 453 g/mol. The Bertz CT molecular complexity index is 1240. The number of aliphatic imine (C=N–C) groups is 1. The number of pyridine rings is 1. The number of carbonyl (C=O) groups is 1. The van der Waals surface area contributed by atoms with Crippen LogP contribution in [0.15, 0.2) is 35.5 Å². The summed E-state index contributed by atoms with van der Waals surface area (Å²) in [5, 5.41) is 2.88. The summed E-state index contributed by atoms with van der Waals surface area (Å²) in [4.78, 5) is 24.4. The van der Waals surface area contributed by atoms with E-state index in [0.29, 0.717) is 23.2 Å². The minimum atomic E-state index is -1.06. The number of benzene rings is 1. The molecule has 3 N–H and O–H groups in total. The minimum Gasteiger partial charge on any atom is -0.378 e. The average molecular weight is 454 g/mol. The van der Waals surface area contributed by atoms with Crippen molar-refractivity contribution in [1.29, 1.82) is 0 Å². The third-order valence-electron chi connectivity index (χ3n) is 6.08. The molecule has 0 spiro atoms. The molecule has 0 radical (unpaired) electrons. The fourth-order valence-electron chi connectivity index (χ4n) is 4.39. The molecule has 3 atom stereocenters. The van der Waals surface area contributed by atoms with E-state index in [-0.39, 0.29) is 28.3 Å². The van der Waals surface area contributed by atoms with Gasteiger partial charge in [-0.15, -0.1) is 0 Å². The zero-order valence-electron chi connectivity index (χ0n) is 17.7. The van der Waals surface area contributed by atoms with Gasteiger partial charge < -0.3 is 11.1 Å². The van der Waals surface area contributed by atoms with Crippen molar-refractivity contribution in [3.8, 4) is 0 Å². The fourth-order valence-corrected chi connectivity index (χ4v) is 5.81. The maximum absolute atomic E-state index is 15.0. The van der Waals surface area contributed by atoms with Crippen LogP contribution in [0.4, 0.5) is 14.5 Å². The van der Waals surface area contributed by atoms with Crippen molar-refractivity contribution in [3.63, 3.8) is 0 Å². The minimum absolute atomic E-state index is 0.117. The molecule has 2 aliphatic rings. The van der Waals surface area contributed by atoms with Gasteiger partial charge in [-0.05, 0) is 55.7 Å². The Morgan fingerprint density at radius 1 is 1.44 bits per heavy atom. The Balaban J connectivity index is 1.74. The van der Waals surface area contributed by atoms with Crippen LogP contribution in [0.5, 0.6) is 0 Å². The lowest BCUT2D eigenvalue weighted by molar-refractivity contribution is -0.121. The molecule has 1 aliphatic heterocycles. The van der Waals surface area contributed by atoms with E-state index >= 15 is 0 Å². The second-order valence-electron chi connectivity index (χ2n) is 8.13. The van der Waals surface area contributed by atoms with Crippen molar-refractivity contribution in [3.05, 3.63) is 70.1 Å². The van der Waals surface area contributed by atoms with E-state index < -0.39 is 21.9 Å². The Labute approximate surface area is 188 Å². The first-order valence-corrected chi connectivity index (χ1v) is 10.7. The van der Waals surface area contributed by atoms with Crippen LogP contribution in [0, 0.1) is 25.2 Å². The Hall–Kier alpha value is -3.25. The van der Waals surface area contributed by atoms with Crippen molar-refractivity contribution >= 4 is 40.4 Å². The lowest BCUT2D eigenvalue weighted by Crippen LogP contribution is -2.43. The lowest BCUT2D eigenvalue weighted by Gasteiger charge is -2.33. The van der Waals surface area contributed by atoms with Crippen LogP contribution in [0.2, 0.25) is 0 Å². The Morgan fingerprint density at radius 3 is 2.84 bits per heavy atom. The molecule has 0 saturated heterocycles. The summed E-state index contributed by atoms with van der Waals surface area (Å²) in [6, 6.07) is 5.83. The van der Waals surface area contributed by atoms with E-state index in [4.69, 9.17) is 12.3 Å². The summed E-state index contributed by atoms with van der Waals surface area (Å²) in [6.45, 7) is 10.5. The Kier molecular flexibility index (Phi) is 5.29. The molecule has 164 valence electrons. The molecule has 0 bridgehead atoms. The molecule has 9 heteroatoms. The summed E-state index contributed by atoms with van der Waals surface area (Å²) < 4.78 is 29.2. The molecule has 32 heavy (non-hydrogen) atoms. The number of fused-ring (bicyclic) bond motifs is 1. The number of rotatable bonds is 4. The summed E-state index contributed by atoms with van der Waals surface area (Å²) in [5.74, 6) is -1.50. The number of carbonyl (C=O) groups excluding carboxylic acids is 1. The summed E-state index contributed by atoms with van der Waals surface area (Å²) in [6.07, 6.45) is 3.09. The van der Waals surface area contributed by atoms with Gasteiger partial charge in [0.05, 0.1) is 17.8 Å². The molecule has 1 saturated carbocycles. The average Bonchev–Trinajstić information content (AvgIpc) is 3.50. The van der Waals surface area contributed by atoms with E-state index in [9.17, 15) is 13.6 Å². The standard InChI is InChI=1S/C23H21F2N5OS/c1-12-7-14(27-3)11-29-19(12)17(25)9-13-5-6-16(24)15(8-13)22(2)18-10-23(18,20(31)28-4)32-21(26)30-22/h5-9,11,18H,10H2,1-2,4H3,(H2,26,30)(H,28,31)/b17-9-/t18-,22+,23-/m0/s1. The molecule has 1 amide bonds. The molecule has 1 fully saturated rings. The number of amidine groups is 1. The third-order valence-corrected chi connectivity index (χ3v) is 7.38. The Morgan fingerprint density at radius 2 is 2.19 bits per heavy atom. The number of nitrogens with zero attached hydrogens (tertiary/aromatic N) is 3. The van der Waals surface area contributed by atoms with E-state index in [2.05, 4.69) is 20.1 Å². The number of hydrogen-bond acceptors (Lipinski definition) is 5. The summed E-state index contributed by atoms with van der Waals surface area (Å²) >= 11 is 1.21. The largest absolute Gasteiger partial charge is 0.378 e. The molecule has 1 aliphatic carbocycles. The number of hydrogen-bond donors (Lipinski definition) is 2. The highest BCUT2D eigenvalue weighted by Crippen LogP contribution is 2.66. The van der Waals surface area contributed by atoms with E-state index in [1.807, 2.05) is 0 Å². The number of amides is 1. The van der Waals surface area contributed by atoms with Gasteiger partial charge in [0.2, 0.25) is 11.6 Å². The number of halogens is 2. The van der Waals surface area contributed by atoms with Crippen molar-refractivity contribution in [2.75, 3.05) is 7.05 Å². The van der Waals surface area contributed by atoms with Crippen LogP contribution in [0.1, 0.15) is 35.7 Å². The van der Waals surface area contributed by atoms with Crippen LogP contribution in [-0.2, 0) is 10.3 Å². The van der Waals surface area contributed by atoms with Gasteiger partial charge in [-0.1, -0.05) is 17.8 Å². The highest BCUT2D eigenvalue weighted by atomic mass is 32.2. The highest BCUT2D eigenvalue weighted by molar-refractivity contribution is 8.15. The molecule has 1 aromatic heterocycles. The van der Waals surface area contributed by atoms with Gasteiger partial charge >= 0.3 is 0 Å². The van der Waals surface area contributed by atoms with Gasteiger partial charge in [-0.25, -0.2) is 13.6 Å². The van der Waals surface area contributed by atoms with Gasteiger partial charge in [0.15, 0.2) is 5.17 Å². The number of nitrogens with two attached hydrogens (primary N) is 1. The van der Waals surface area contributed by atoms with Crippen molar-refractivity contribution in [2.24, 2.45) is 16.6 Å². The molecule has 2 heterocycles. The van der Waals surface area contributed by atoms with Gasteiger partial charge in [0.25, 0.3) is 0 Å². The van der Waals surface area contributed by atoms with Crippen LogP contribution >= 0.6 is 11.8 Å². The van der Waals surface area contributed by atoms with Crippen molar-refractivity contribution in [1.82, 2.24) is 10.3 Å². The molecular weight excluding hydrogens is 432 g/mol. The SMILES string of the molecule is [C-]#[N+]c1cnc(/C(F)=C/c2ccc(F)c([C@@]3(C)N=C(N)S[C@@]4(C(=O)NC)C[C@H]43)c2)c(C)c1. The van der Waals surface area contributed by atoms with Crippen molar-refractivity contribution in [2.45, 2.75) is 30.6 Å². The van der Waals surface area contributed by atoms with Crippen LogP contribution in [-0.4, -0.2) is 27.9 Å². The first kappa shape index (κ1) is 22.0. The van der Waals surface area contributed by atoms with Crippen LogP contribution in [0.3, 0.4) is 0 Å². The maximum atomic E-state index is 15.0. The second kappa shape index (κ2) is 7.71. The van der Waals surface area contributed by atoms with Gasteiger partial charge in [-0.3, -0.25) is 14.8 Å². The number of aryl methyl sites for hydroxylation is 1. The third kappa shape index (κ3) is 3.45. The second-order valence-corrected chi connectivity index (χ2v) is 9.48. The smallest absolute Gasteiger partial charge is 0.236 e. The predicted molar refractivity (Wildman–Crippen MR) is 122 cm³/mol. The van der Waals surface area contributed by atoms with Gasteiger partial charge in [0.1, 0.15) is 16.4 Å². The molecule has 6 nitrogen and oxygen atoms in total. The van der Waals surface area contributed by atoms with Crippen LogP contribution < -0.4 is 11.1 Å². The molecule has 2 aromatic rings. The van der Waals surface area contributed by atoms with Crippen molar-refractivity contribution < 1.29 is 13.6 Å². The van der Waals surface area contributed by atoms with E-state index in [0.717, 1.165) is 0 Å². The summed E-state index contributed by atoms with van der Waals surface area (Å²) in [5.41, 5.74) is 6.63. The number of thioether (sulfide) groups is 1. The van der Waals surface area contributed by atoms with Gasteiger partial charge in [-0.2, -0.15) is 0 Å². The molecule has 4 rings (SSSR count). The zero-order valence-corrected chi connectivity index (χ0v) is 18.6. The normalized spacial score (nSPS) is 26.6. The van der Waals surface area contributed by atoms with E-state index in [1.54, 1.807) is 27.0 Å². The predicted octanol–water partition coefficient (Wildman–Crippen LogP) is 4.33. The topological polar surface area (TPSA) is 84.7 Å². The quantitative estimate of drug-likeness (QED) is 0.675.